The Morgan fingerprint density at radius 3 is 2.96 bits per heavy atom. The molecule has 0 fully saturated rings. The maximum absolute atomic E-state index is 6.21. The van der Waals surface area contributed by atoms with Crippen LogP contribution in [-0.2, 0) is 6.54 Å². The van der Waals surface area contributed by atoms with Gasteiger partial charge in [-0.1, -0.05) is 32.4 Å². The smallest absolute Gasteiger partial charge is 0.206 e. The molecule has 120 valence electrons. The van der Waals surface area contributed by atoms with Crippen LogP contribution >= 0.6 is 0 Å². The van der Waals surface area contributed by atoms with E-state index in [0.29, 0.717) is 11.7 Å². The summed E-state index contributed by atoms with van der Waals surface area (Å²) >= 11 is 0. The molecule has 1 unspecified atom stereocenters. The second-order valence-corrected chi connectivity index (χ2v) is 6.63. The van der Waals surface area contributed by atoms with Gasteiger partial charge in [0.2, 0.25) is 5.95 Å². The standard InChI is InChI=1S/C18H23N5/c1-4-5-9-22(3)18-21-15-16-14-12(11(2)10-23(16)18)7-6-8-13(14)20-17(15)19/h6-8,11H,4-5,9-10H2,1-3H3,(H2,19,20). The predicted molar refractivity (Wildman–Crippen MR) is 96.0 cm³/mol. The third-order valence-electron chi connectivity index (χ3n) is 4.92. The van der Waals surface area contributed by atoms with Crippen LogP contribution in [0.15, 0.2) is 18.2 Å². The maximum Gasteiger partial charge on any atom is 0.206 e. The molecule has 4 rings (SSSR count). The Balaban J connectivity index is 2.03. The lowest BCUT2D eigenvalue weighted by Gasteiger charge is -2.26. The summed E-state index contributed by atoms with van der Waals surface area (Å²) in [6, 6.07) is 6.33. The van der Waals surface area contributed by atoms with Crippen molar-refractivity contribution in [2.45, 2.75) is 39.2 Å². The van der Waals surface area contributed by atoms with E-state index in [1.807, 2.05) is 6.07 Å². The van der Waals surface area contributed by atoms with Crippen molar-refractivity contribution >= 4 is 33.7 Å². The molecule has 1 aliphatic rings. The average molecular weight is 309 g/mol. The summed E-state index contributed by atoms with van der Waals surface area (Å²) in [7, 11) is 2.12. The van der Waals surface area contributed by atoms with Gasteiger partial charge in [-0.2, -0.15) is 0 Å². The zero-order valence-corrected chi connectivity index (χ0v) is 14.0. The van der Waals surface area contributed by atoms with Crippen molar-refractivity contribution in [1.82, 2.24) is 14.5 Å². The molecule has 0 amide bonds. The number of nitrogens with zero attached hydrogens (tertiary/aromatic N) is 4. The highest BCUT2D eigenvalue weighted by Gasteiger charge is 2.27. The number of nitrogen functional groups attached to an aromatic ring is 1. The summed E-state index contributed by atoms with van der Waals surface area (Å²) in [4.78, 5) is 11.7. The minimum absolute atomic E-state index is 0.451. The van der Waals surface area contributed by atoms with Gasteiger partial charge in [0.1, 0.15) is 5.52 Å². The van der Waals surface area contributed by atoms with E-state index in [0.717, 1.165) is 42.0 Å². The second-order valence-electron chi connectivity index (χ2n) is 6.63. The lowest BCUT2D eigenvalue weighted by molar-refractivity contribution is 0.596. The lowest BCUT2D eigenvalue weighted by atomic mass is 9.93. The number of hydrogen-bond donors (Lipinski definition) is 1. The van der Waals surface area contributed by atoms with E-state index in [-0.39, 0.29) is 0 Å². The second kappa shape index (κ2) is 5.11. The van der Waals surface area contributed by atoms with Gasteiger partial charge in [0.25, 0.3) is 0 Å². The number of aromatic nitrogens is 3. The van der Waals surface area contributed by atoms with Crippen molar-refractivity contribution in [1.29, 1.82) is 0 Å². The topological polar surface area (TPSA) is 60.0 Å². The molecule has 0 aliphatic carbocycles. The van der Waals surface area contributed by atoms with Gasteiger partial charge in [-0.3, -0.25) is 0 Å². The highest BCUT2D eigenvalue weighted by atomic mass is 15.3. The minimum Gasteiger partial charge on any atom is -0.382 e. The third kappa shape index (κ3) is 1.99. The van der Waals surface area contributed by atoms with Crippen molar-refractivity contribution in [3.8, 4) is 0 Å². The van der Waals surface area contributed by atoms with Crippen molar-refractivity contribution in [2.75, 3.05) is 24.2 Å². The monoisotopic (exact) mass is 309 g/mol. The summed E-state index contributed by atoms with van der Waals surface area (Å²) in [5.74, 6) is 1.99. The van der Waals surface area contributed by atoms with Gasteiger partial charge in [-0.25, -0.2) is 9.97 Å². The van der Waals surface area contributed by atoms with Crippen molar-refractivity contribution in [3.05, 3.63) is 23.8 Å². The molecule has 3 heterocycles. The average Bonchev–Trinajstić information content (AvgIpc) is 2.93. The summed E-state index contributed by atoms with van der Waals surface area (Å²) in [5, 5.41) is 1.22. The Morgan fingerprint density at radius 2 is 2.17 bits per heavy atom. The molecule has 1 aromatic carbocycles. The fraction of sp³-hybridized carbons (Fsp3) is 0.444. The molecule has 23 heavy (non-hydrogen) atoms. The first-order valence-electron chi connectivity index (χ1n) is 8.41. The molecule has 0 saturated heterocycles. The minimum atomic E-state index is 0.451. The Kier molecular flexibility index (Phi) is 3.18. The van der Waals surface area contributed by atoms with Crippen LogP contribution in [-0.4, -0.2) is 28.1 Å². The Hall–Kier alpha value is -2.30. The van der Waals surface area contributed by atoms with Crippen molar-refractivity contribution in [2.24, 2.45) is 0 Å². The molecule has 0 bridgehead atoms. The first-order chi connectivity index (χ1) is 11.1. The van der Waals surface area contributed by atoms with Gasteiger partial charge < -0.3 is 15.2 Å². The van der Waals surface area contributed by atoms with E-state index in [2.05, 4.69) is 47.5 Å². The first kappa shape index (κ1) is 14.3. The Bertz CT molecular complexity index is 895. The van der Waals surface area contributed by atoms with Gasteiger partial charge >= 0.3 is 0 Å². The molecular formula is C18H23N5. The van der Waals surface area contributed by atoms with Gasteiger partial charge in [-0.15, -0.1) is 0 Å². The summed E-state index contributed by atoms with van der Waals surface area (Å²) < 4.78 is 2.34. The number of pyridine rings is 1. The van der Waals surface area contributed by atoms with E-state index in [9.17, 15) is 0 Å². The number of unbranched alkanes of at least 4 members (excludes halogenated alkanes) is 1. The highest BCUT2D eigenvalue weighted by molar-refractivity contribution is 6.09. The van der Waals surface area contributed by atoms with Crippen molar-refractivity contribution < 1.29 is 0 Å². The maximum atomic E-state index is 6.21. The van der Waals surface area contributed by atoms with Crippen LogP contribution in [0.3, 0.4) is 0 Å². The summed E-state index contributed by atoms with van der Waals surface area (Å²) in [6.45, 7) is 6.43. The Morgan fingerprint density at radius 1 is 1.35 bits per heavy atom. The van der Waals surface area contributed by atoms with E-state index < -0.39 is 0 Å². The van der Waals surface area contributed by atoms with Crippen LogP contribution in [0.4, 0.5) is 11.8 Å². The zero-order valence-electron chi connectivity index (χ0n) is 14.0. The molecule has 5 heteroatoms. The quantitative estimate of drug-likeness (QED) is 0.801. The number of nitrogens with two attached hydrogens (primary N) is 1. The molecule has 0 radical (unpaired) electrons. The van der Waals surface area contributed by atoms with Gasteiger partial charge in [0.05, 0.1) is 11.0 Å². The molecule has 5 nitrogen and oxygen atoms in total. The number of rotatable bonds is 4. The SMILES string of the molecule is CCCCN(C)c1nc2c(N)nc3cccc4c3c2n1CC4C. The Labute approximate surface area is 136 Å². The van der Waals surface area contributed by atoms with Crippen LogP contribution in [0.25, 0.3) is 21.9 Å². The van der Waals surface area contributed by atoms with E-state index >= 15 is 0 Å². The van der Waals surface area contributed by atoms with Crippen LogP contribution in [0.2, 0.25) is 0 Å². The number of anilines is 2. The van der Waals surface area contributed by atoms with Crippen LogP contribution in [0.1, 0.15) is 38.2 Å². The van der Waals surface area contributed by atoms with Crippen LogP contribution in [0, 0.1) is 0 Å². The predicted octanol–water partition coefficient (Wildman–Crippen LogP) is 3.52. The van der Waals surface area contributed by atoms with Crippen LogP contribution < -0.4 is 10.6 Å². The number of benzene rings is 1. The highest BCUT2D eigenvalue weighted by Crippen LogP contribution is 2.40. The normalized spacial score (nSPS) is 16.6. The lowest BCUT2D eigenvalue weighted by Crippen LogP contribution is -2.24. The zero-order chi connectivity index (χ0) is 16.1. The number of hydrogen-bond acceptors (Lipinski definition) is 4. The molecule has 2 aromatic heterocycles. The molecule has 0 saturated carbocycles. The molecule has 1 aliphatic heterocycles. The fourth-order valence-corrected chi connectivity index (χ4v) is 3.71. The van der Waals surface area contributed by atoms with Crippen LogP contribution in [0.5, 0.6) is 0 Å². The third-order valence-corrected chi connectivity index (χ3v) is 4.92. The van der Waals surface area contributed by atoms with E-state index in [1.54, 1.807) is 0 Å². The fourth-order valence-electron chi connectivity index (χ4n) is 3.71. The first-order valence-corrected chi connectivity index (χ1v) is 8.41. The van der Waals surface area contributed by atoms with E-state index in [1.165, 1.54) is 17.4 Å². The molecule has 3 aromatic rings. The molecule has 2 N–H and O–H groups in total. The molecule has 0 spiro atoms. The van der Waals surface area contributed by atoms with E-state index in [4.69, 9.17) is 10.7 Å². The van der Waals surface area contributed by atoms with Gasteiger partial charge in [-0.05, 0) is 24.0 Å². The molecular weight excluding hydrogens is 286 g/mol. The largest absolute Gasteiger partial charge is 0.382 e. The van der Waals surface area contributed by atoms with Gasteiger partial charge in [0, 0.05) is 25.5 Å². The van der Waals surface area contributed by atoms with Crippen molar-refractivity contribution in [3.63, 3.8) is 0 Å². The molecule has 1 atom stereocenters. The summed E-state index contributed by atoms with van der Waals surface area (Å²) in [5.41, 5.74) is 10.5. The van der Waals surface area contributed by atoms with Gasteiger partial charge in [0.15, 0.2) is 5.82 Å². The summed E-state index contributed by atoms with van der Waals surface area (Å²) in [6.07, 6.45) is 2.34. The number of imidazole rings is 1.